The lowest BCUT2D eigenvalue weighted by molar-refractivity contribution is -0.121. The van der Waals surface area contributed by atoms with E-state index in [1.807, 2.05) is 20.8 Å². The SMILES string of the molecule is CC(C)(C)NC(=O)CNC(=O)c1ccc2ncsc2c1. The van der Waals surface area contributed by atoms with Crippen LogP contribution in [-0.4, -0.2) is 28.9 Å². The van der Waals surface area contributed by atoms with Gasteiger partial charge >= 0.3 is 0 Å². The number of fused-ring (bicyclic) bond motifs is 1. The highest BCUT2D eigenvalue weighted by atomic mass is 32.1. The highest BCUT2D eigenvalue weighted by molar-refractivity contribution is 7.16. The average molecular weight is 291 g/mol. The van der Waals surface area contributed by atoms with E-state index in [2.05, 4.69) is 15.6 Å². The summed E-state index contributed by atoms with van der Waals surface area (Å²) in [5.41, 5.74) is 2.84. The normalized spacial score (nSPS) is 11.3. The maximum Gasteiger partial charge on any atom is 0.251 e. The molecule has 1 aromatic heterocycles. The van der Waals surface area contributed by atoms with Crippen LogP contribution in [0.3, 0.4) is 0 Å². The number of aromatic nitrogens is 1. The maximum absolute atomic E-state index is 12.0. The van der Waals surface area contributed by atoms with Gasteiger partial charge in [-0.15, -0.1) is 11.3 Å². The van der Waals surface area contributed by atoms with Crippen molar-refractivity contribution in [3.63, 3.8) is 0 Å². The monoisotopic (exact) mass is 291 g/mol. The smallest absolute Gasteiger partial charge is 0.251 e. The van der Waals surface area contributed by atoms with Crippen LogP contribution in [0, 0.1) is 0 Å². The zero-order valence-corrected chi connectivity index (χ0v) is 12.5. The van der Waals surface area contributed by atoms with E-state index in [4.69, 9.17) is 0 Å². The third kappa shape index (κ3) is 3.77. The number of thiazole rings is 1. The Labute approximate surface area is 121 Å². The highest BCUT2D eigenvalue weighted by Crippen LogP contribution is 2.18. The first-order valence-electron chi connectivity index (χ1n) is 6.28. The topological polar surface area (TPSA) is 71.1 Å². The Hall–Kier alpha value is -1.95. The molecule has 0 radical (unpaired) electrons. The zero-order chi connectivity index (χ0) is 14.8. The molecule has 0 aliphatic rings. The van der Waals surface area contributed by atoms with Gasteiger partial charge in [0.25, 0.3) is 5.91 Å². The van der Waals surface area contributed by atoms with Gasteiger partial charge in [-0.3, -0.25) is 9.59 Å². The summed E-state index contributed by atoms with van der Waals surface area (Å²) in [4.78, 5) is 27.8. The molecule has 2 rings (SSSR count). The molecule has 0 aliphatic heterocycles. The second-order valence-corrected chi connectivity index (χ2v) is 6.40. The Bertz CT molecular complexity index is 643. The van der Waals surface area contributed by atoms with Crippen LogP contribution in [0.15, 0.2) is 23.7 Å². The molecule has 2 aromatic rings. The molecule has 1 heterocycles. The summed E-state index contributed by atoms with van der Waals surface area (Å²) in [5, 5.41) is 5.40. The molecule has 6 heteroatoms. The van der Waals surface area contributed by atoms with E-state index in [-0.39, 0.29) is 23.9 Å². The molecule has 0 aliphatic carbocycles. The fourth-order valence-electron chi connectivity index (χ4n) is 1.72. The van der Waals surface area contributed by atoms with Gasteiger partial charge in [-0.2, -0.15) is 0 Å². The van der Waals surface area contributed by atoms with Crippen LogP contribution in [-0.2, 0) is 4.79 Å². The molecular weight excluding hydrogens is 274 g/mol. The first kappa shape index (κ1) is 14.5. The molecule has 20 heavy (non-hydrogen) atoms. The van der Waals surface area contributed by atoms with Crippen molar-refractivity contribution in [2.45, 2.75) is 26.3 Å². The second-order valence-electron chi connectivity index (χ2n) is 5.52. The largest absolute Gasteiger partial charge is 0.350 e. The summed E-state index contributed by atoms with van der Waals surface area (Å²) in [6, 6.07) is 5.29. The summed E-state index contributed by atoms with van der Waals surface area (Å²) in [6.45, 7) is 5.65. The minimum atomic E-state index is -0.302. The molecule has 1 aromatic carbocycles. The Morgan fingerprint density at radius 2 is 2.05 bits per heavy atom. The van der Waals surface area contributed by atoms with Crippen molar-refractivity contribution in [3.05, 3.63) is 29.3 Å². The van der Waals surface area contributed by atoms with Gasteiger partial charge < -0.3 is 10.6 Å². The van der Waals surface area contributed by atoms with Gasteiger partial charge in [0.2, 0.25) is 5.91 Å². The number of carbonyl (C=O) groups is 2. The average Bonchev–Trinajstić information content (AvgIpc) is 2.80. The standard InChI is InChI=1S/C14H17N3O2S/c1-14(2,3)17-12(18)7-15-13(19)9-4-5-10-11(6-9)20-8-16-10/h4-6,8H,7H2,1-3H3,(H,15,19)(H,17,18). The lowest BCUT2D eigenvalue weighted by atomic mass is 10.1. The Morgan fingerprint density at radius 3 is 2.75 bits per heavy atom. The fraction of sp³-hybridized carbons (Fsp3) is 0.357. The van der Waals surface area contributed by atoms with Gasteiger partial charge in [0, 0.05) is 11.1 Å². The third-order valence-corrected chi connectivity index (χ3v) is 3.31. The van der Waals surface area contributed by atoms with Gasteiger partial charge in [-0.05, 0) is 39.0 Å². The molecule has 0 bridgehead atoms. The molecule has 0 spiro atoms. The van der Waals surface area contributed by atoms with E-state index >= 15 is 0 Å². The predicted molar refractivity (Wildman–Crippen MR) is 79.8 cm³/mol. The lowest BCUT2D eigenvalue weighted by Gasteiger charge is -2.20. The number of nitrogens with zero attached hydrogens (tertiary/aromatic N) is 1. The molecule has 106 valence electrons. The number of carbonyl (C=O) groups excluding carboxylic acids is 2. The molecule has 0 atom stereocenters. The van der Waals surface area contributed by atoms with Crippen molar-refractivity contribution in [1.82, 2.24) is 15.6 Å². The number of nitrogens with one attached hydrogen (secondary N) is 2. The van der Waals surface area contributed by atoms with E-state index < -0.39 is 0 Å². The van der Waals surface area contributed by atoms with Gasteiger partial charge in [0.15, 0.2) is 0 Å². The van der Waals surface area contributed by atoms with Gasteiger partial charge in [-0.25, -0.2) is 4.98 Å². The summed E-state index contributed by atoms with van der Waals surface area (Å²) in [7, 11) is 0. The van der Waals surface area contributed by atoms with Crippen LogP contribution < -0.4 is 10.6 Å². The summed E-state index contributed by atoms with van der Waals surface area (Å²) in [5.74, 6) is -0.464. The Morgan fingerprint density at radius 1 is 1.30 bits per heavy atom. The molecule has 0 saturated heterocycles. The number of amides is 2. The van der Waals surface area contributed by atoms with E-state index in [1.54, 1.807) is 23.7 Å². The van der Waals surface area contributed by atoms with Crippen LogP contribution in [0.25, 0.3) is 10.2 Å². The quantitative estimate of drug-likeness (QED) is 0.908. The molecule has 0 saturated carbocycles. The third-order valence-electron chi connectivity index (χ3n) is 2.52. The van der Waals surface area contributed by atoms with Crippen molar-refractivity contribution < 1.29 is 9.59 Å². The fourth-order valence-corrected chi connectivity index (χ4v) is 2.44. The number of hydrogen-bond acceptors (Lipinski definition) is 4. The molecule has 5 nitrogen and oxygen atoms in total. The van der Waals surface area contributed by atoms with Crippen LogP contribution in [0.5, 0.6) is 0 Å². The molecule has 2 amide bonds. The zero-order valence-electron chi connectivity index (χ0n) is 11.7. The molecular formula is C14H17N3O2S. The van der Waals surface area contributed by atoms with Crippen LogP contribution in [0.1, 0.15) is 31.1 Å². The number of hydrogen-bond donors (Lipinski definition) is 2. The van der Waals surface area contributed by atoms with Crippen molar-refractivity contribution in [1.29, 1.82) is 0 Å². The summed E-state index contributed by atoms with van der Waals surface area (Å²) < 4.78 is 0.955. The Kier molecular flexibility index (Phi) is 4.04. The lowest BCUT2D eigenvalue weighted by Crippen LogP contribution is -2.45. The molecule has 0 unspecified atom stereocenters. The summed E-state index contributed by atoms with van der Waals surface area (Å²) in [6.07, 6.45) is 0. The van der Waals surface area contributed by atoms with Gasteiger partial charge in [0.1, 0.15) is 0 Å². The van der Waals surface area contributed by atoms with Crippen molar-refractivity contribution in [3.8, 4) is 0 Å². The highest BCUT2D eigenvalue weighted by Gasteiger charge is 2.15. The Balaban J connectivity index is 1.96. The van der Waals surface area contributed by atoms with E-state index in [0.29, 0.717) is 5.56 Å². The van der Waals surface area contributed by atoms with E-state index in [0.717, 1.165) is 10.2 Å². The van der Waals surface area contributed by atoms with Crippen molar-refractivity contribution in [2.24, 2.45) is 0 Å². The first-order chi connectivity index (χ1) is 9.35. The van der Waals surface area contributed by atoms with Gasteiger partial charge in [0.05, 0.1) is 22.3 Å². The van der Waals surface area contributed by atoms with Crippen LogP contribution in [0.4, 0.5) is 0 Å². The number of rotatable bonds is 3. The minimum absolute atomic E-state index is 0.0309. The first-order valence-corrected chi connectivity index (χ1v) is 7.15. The second kappa shape index (κ2) is 5.58. The van der Waals surface area contributed by atoms with Crippen molar-refractivity contribution in [2.75, 3.05) is 6.54 Å². The van der Waals surface area contributed by atoms with Crippen molar-refractivity contribution >= 4 is 33.4 Å². The molecule has 0 fully saturated rings. The summed E-state index contributed by atoms with van der Waals surface area (Å²) >= 11 is 1.48. The van der Waals surface area contributed by atoms with Gasteiger partial charge in [-0.1, -0.05) is 0 Å². The number of benzene rings is 1. The minimum Gasteiger partial charge on any atom is -0.350 e. The van der Waals surface area contributed by atoms with E-state index in [9.17, 15) is 9.59 Å². The maximum atomic E-state index is 12.0. The van der Waals surface area contributed by atoms with Crippen LogP contribution in [0.2, 0.25) is 0 Å². The molecule has 2 N–H and O–H groups in total. The van der Waals surface area contributed by atoms with Crippen LogP contribution >= 0.6 is 11.3 Å². The van der Waals surface area contributed by atoms with E-state index in [1.165, 1.54) is 11.3 Å². The predicted octanol–water partition coefficient (Wildman–Crippen LogP) is 1.94.